The maximum absolute atomic E-state index is 13.4. The number of aliphatic hydroxyl groups is 11. The first-order chi connectivity index (χ1) is 43.3. The van der Waals surface area contributed by atoms with Crippen molar-refractivity contribution in [3.8, 4) is 0 Å². The minimum atomic E-state index is -1.97. The van der Waals surface area contributed by atoms with Crippen LogP contribution in [0.2, 0.25) is 0 Å². The molecule has 0 radical (unpaired) electrons. The summed E-state index contributed by atoms with van der Waals surface area (Å²) in [5, 5.41) is 121. The second-order valence-electron chi connectivity index (χ2n) is 25.7. The highest BCUT2D eigenvalue weighted by atomic mass is 16.8. The van der Waals surface area contributed by atoms with Gasteiger partial charge in [0.2, 0.25) is 5.91 Å². The van der Waals surface area contributed by atoms with E-state index in [0.29, 0.717) is 12.8 Å². The number of aliphatic hydroxyl groups excluding tert-OH is 11. The summed E-state index contributed by atoms with van der Waals surface area (Å²) in [7, 11) is 0. The van der Waals surface area contributed by atoms with Crippen LogP contribution in [-0.2, 0) is 33.2 Å². The molecule has 3 fully saturated rings. The number of carbonyl (C=O) groups excluding carboxylic acids is 1. The molecule has 17 atom stereocenters. The average Bonchev–Trinajstić information content (AvgIpc) is 2.09. The highest BCUT2D eigenvalue weighted by Crippen LogP contribution is 2.33. The first-order valence-corrected chi connectivity index (χ1v) is 35.7. The predicted octanol–water partition coefficient (Wildman–Crippen LogP) is 9.61. The lowest BCUT2D eigenvalue weighted by molar-refractivity contribution is -0.379. The molecule has 0 aromatic carbocycles. The van der Waals surface area contributed by atoms with Gasteiger partial charge < -0.3 is 89.9 Å². The Morgan fingerprint density at radius 3 is 1.16 bits per heavy atom. The van der Waals surface area contributed by atoms with Crippen LogP contribution in [0, 0.1) is 0 Å². The summed E-state index contributed by atoms with van der Waals surface area (Å²) in [6, 6.07) is -0.892. The number of amides is 1. The van der Waals surface area contributed by atoms with Gasteiger partial charge in [0.25, 0.3) is 0 Å². The summed E-state index contributed by atoms with van der Waals surface area (Å²) in [5.41, 5.74) is 0. The minimum absolute atomic E-state index is 0.248. The Balaban J connectivity index is 1.43. The van der Waals surface area contributed by atoms with Crippen LogP contribution in [0.4, 0.5) is 0 Å². The van der Waals surface area contributed by atoms with E-state index in [1.807, 2.05) is 0 Å². The van der Waals surface area contributed by atoms with Crippen molar-refractivity contribution < 1.29 is 89.4 Å². The van der Waals surface area contributed by atoms with Gasteiger partial charge in [-0.25, -0.2) is 0 Å². The molecule has 12 N–H and O–H groups in total. The van der Waals surface area contributed by atoms with Crippen molar-refractivity contribution in [1.29, 1.82) is 0 Å². The predicted molar refractivity (Wildman–Crippen MR) is 346 cm³/mol. The van der Waals surface area contributed by atoms with Gasteiger partial charge in [-0.15, -0.1) is 0 Å². The molecule has 0 saturated carbocycles. The molecule has 3 heterocycles. The van der Waals surface area contributed by atoms with Crippen molar-refractivity contribution in [3.63, 3.8) is 0 Å². The highest BCUT2D eigenvalue weighted by Gasteiger charge is 2.53. The van der Waals surface area contributed by atoms with Crippen molar-refractivity contribution in [3.05, 3.63) is 36.5 Å². The van der Waals surface area contributed by atoms with E-state index in [2.05, 4.69) is 55.6 Å². The molecule has 0 aliphatic carbocycles. The maximum atomic E-state index is 13.4. The molecule has 0 bridgehead atoms. The SMILES string of the molecule is CCCCCCC/C=C\C/C=C\C/C=C\CCCCCCCCCCC(=O)NC(COC1OC(CO)C(OC2OC(CO)C(OC3OC(CO)C(O)C(O)C3O)C(O)C2O)C(O)C1O)C(O)CCCCCCCCCCCCCCCCCCCCCCC. The topological polar surface area (TPSA) is 307 Å². The third-order valence-corrected chi connectivity index (χ3v) is 18.0. The fourth-order valence-corrected chi connectivity index (χ4v) is 12.1. The van der Waals surface area contributed by atoms with Crippen molar-refractivity contribution >= 4 is 5.91 Å². The molecule has 3 rings (SSSR count). The second kappa shape index (κ2) is 52.3. The molecular weight excluding hydrogens is 1140 g/mol. The van der Waals surface area contributed by atoms with E-state index < -0.39 is 124 Å². The number of rotatable bonds is 55. The Morgan fingerprint density at radius 2 is 0.742 bits per heavy atom. The molecule has 89 heavy (non-hydrogen) atoms. The quantitative estimate of drug-likeness (QED) is 0.0199. The van der Waals surface area contributed by atoms with Gasteiger partial charge in [0, 0.05) is 6.42 Å². The number of hydrogen-bond donors (Lipinski definition) is 12. The van der Waals surface area contributed by atoms with Crippen molar-refractivity contribution in [2.45, 2.75) is 375 Å². The van der Waals surface area contributed by atoms with Crippen LogP contribution >= 0.6 is 0 Å². The first kappa shape index (κ1) is 81.2. The zero-order chi connectivity index (χ0) is 64.7. The molecule has 3 aliphatic rings. The van der Waals surface area contributed by atoms with Gasteiger partial charge >= 0.3 is 0 Å². The van der Waals surface area contributed by atoms with E-state index in [-0.39, 0.29) is 18.9 Å². The summed E-state index contributed by atoms with van der Waals surface area (Å²) >= 11 is 0. The summed E-state index contributed by atoms with van der Waals surface area (Å²) in [4.78, 5) is 13.4. The lowest BCUT2D eigenvalue weighted by atomic mass is 9.96. The molecule has 0 aromatic heterocycles. The van der Waals surface area contributed by atoms with Gasteiger partial charge in [-0.3, -0.25) is 4.79 Å². The Morgan fingerprint density at radius 1 is 0.404 bits per heavy atom. The standard InChI is InChI=1S/C70H129NO18/c1-3-5-7-9-11-13-15-17-19-21-23-25-26-28-30-32-34-36-38-40-42-44-46-48-58(76)71-53(54(75)47-45-43-41-39-37-35-33-31-29-27-24-22-20-18-16-14-12-10-8-6-4-2)52-84-68-64(82)61(79)66(56(50-73)86-68)89-70-65(83)62(80)67(57(51-74)87-70)88-69-63(81)60(78)59(77)55(49-72)85-69/h15,17,21,23,26,28,53-57,59-70,72-75,77-83H,3-14,16,18-20,22,24-25,27,29-52H2,1-2H3,(H,71,76)/b17-15-,23-21-,28-26-. The van der Waals surface area contributed by atoms with E-state index in [1.54, 1.807) is 0 Å². The number of allylic oxidation sites excluding steroid dienone is 6. The summed E-state index contributed by atoms with van der Waals surface area (Å²) in [5.74, 6) is -0.248. The number of carbonyl (C=O) groups is 1. The van der Waals surface area contributed by atoms with Crippen LogP contribution in [0.3, 0.4) is 0 Å². The third-order valence-electron chi connectivity index (χ3n) is 18.0. The summed E-state index contributed by atoms with van der Waals surface area (Å²) in [6.07, 6.45) is 33.5. The molecule has 0 aromatic rings. The number of unbranched alkanes of at least 4 members (excludes halogenated alkanes) is 33. The smallest absolute Gasteiger partial charge is 0.220 e. The first-order valence-electron chi connectivity index (χ1n) is 35.7. The maximum Gasteiger partial charge on any atom is 0.220 e. The van der Waals surface area contributed by atoms with Gasteiger partial charge in [-0.05, 0) is 51.4 Å². The van der Waals surface area contributed by atoms with E-state index in [1.165, 1.54) is 167 Å². The van der Waals surface area contributed by atoms with Gasteiger partial charge in [0.05, 0.1) is 38.6 Å². The second-order valence-corrected chi connectivity index (χ2v) is 25.7. The van der Waals surface area contributed by atoms with E-state index in [4.69, 9.17) is 28.4 Å². The largest absolute Gasteiger partial charge is 0.394 e. The lowest BCUT2D eigenvalue weighted by Gasteiger charge is -2.48. The highest BCUT2D eigenvalue weighted by molar-refractivity contribution is 5.76. The van der Waals surface area contributed by atoms with Gasteiger partial charge in [0.15, 0.2) is 18.9 Å². The van der Waals surface area contributed by atoms with Crippen LogP contribution in [0.15, 0.2) is 36.5 Å². The monoisotopic (exact) mass is 1270 g/mol. The van der Waals surface area contributed by atoms with E-state index in [9.17, 15) is 61.0 Å². The lowest BCUT2D eigenvalue weighted by Crippen LogP contribution is -2.66. The molecule has 0 spiro atoms. The van der Waals surface area contributed by atoms with E-state index >= 15 is 0 Å². The fourth-order valence-electron chi connectivity index (χ4n) is 12.1. The van der Waals surface area contributed by atoms with Gasteiger partial charge in [-0.2, -0.15) is 0 Å². The summed E-state index contributed by atoms with van der Waals surface area (Å²) < 4.78 is 34.4. The van der Waals surface area contributed by atoms with E-state index in [0.717, 1.165) is 70.6 Å². The van der Waals surface area contributed by atoms with Gasteiger partial charge in [-0.1, -0.05) is 249 Å². The van der Waals surface area contributed by atoms with Crippen LogP contribution < -0.4 is 5.32 Å². The Bertz CT molecular complexity index is 1760. The normalized spacial score (nSPS) is 28.4. The van der Waals surface area contributed by atoms with Gasteiger partial charge in [0.1, 0.15) is 73.2 Å². The number of ether oxygens (including phenoxy) is 6. The molecule has 522 valence electrons. The number of hydrogen-bond acceptors (Lipinski definition) is 18. The van der Waals surface area contributed by atoms with Crippen molar-refractivity contribution in [1.82, 2.24) is 5.32 Å². The average molecular weight is 1270 g/mol. The molecule has 17 unspecified atom stereocenters. The molecular formula is C70H129NO18. The molecule has 19 nitrogen and oxygen atoms in total. The van der Waals surface area contributed by atoms with Crippen LogP contribution in [0.25, 0.3) is 0 Å². The van der Waals surface area contributed by atoms with Crippen LogP contribution in [-0.4, -0.2) is 193 Å². The van der Waals surface area contributed by atoms with Crippen LogP contribution in [0.5, 0.6) is 0 Å². The zero-order valence-corrected chi connectivity index (χ0v) is 55.2. The van der Waals surface area contributed by atoms with Crippen molar-refractivity contribution in [2.75, 3.05) is 26.4 Å². The third kappa shape index (κ3) is 34.3. The molecule has 3 saturated heterocycles. The summed E-state index contributed by atoms with van der Waals surface area (Å²) in [6.45, 7) is 1.81. The Hall–Kier alpha value is -1.99. The molecule has 3 aliphatic heterocycles. The Kier molecular flexibility index (Phi) is 47.7. The zero-order valence-electron chi connectivity index (χ0n) is 55.2. The van der Waals surface area contributed by atoms with Crippen LogP contribution in [0.1, 0.15) is 271 Å². The number of nitrogens with one attached hydrogen (secondary N) is 1. The van der Waals surface area contributed by atoms with Crippen molar-refractivity contribution in [2.24, 2.45) is 0 Å². The Labute approximate surface area is 536 Å². The fraction of sp³-hybridized carbons (Fsp3) is 0.900. The molecule has 19 heteroatoms. The minimum Gasteiger partial charge on any atom is -0.394 e. The molecule has 1 amide bonds.